The Labute approximate surface area is 77.6 Å². The Morgan fingerprint density at radius 3 is 3.00 bits per heavy atom. The Hall–Kier alpha value is -1.62. The van der Waals surface area contributed by atoms with Crippen LogP contribution in [0.2, 0.25) is 5.02 Å². The zero-order valence-corrected chi connectivity index (χ0v) is 7.10. The molecule has 0 spiro atoms. The van der Waals surface area contributed by atoms with Crippen LogP contribution in [0.1, 0.15) is 0 Å². The SMILES string of the molecule is O=[N+]([O-])n1cc2ccc(Cl)cc2n1. The molecule has 0 saturated heterocycles. The van der Waals surface area contributed by atoms with Crippen molar-refractivity contribution in [2.24, 2.45) is 0 Å². The van der Waals surface area contributed by atoms with Crippen LogP contribution in [-0.4, -0.2) is 14.9 Å². The second-order valence-electron chi connectivity index (χ2n) is 2.49. The van der Waals surface area contributed by atoms with Crippen LogP contribution in [0.15, 0.2) is 24.4 Å². The normalized spacial score (nSPS) is 10.5. The van der Waals surface area contributed by atoms with Crippen LogP contribution < -0.4 is 0 Å². The van der Waals surface area contributed by atoms with Gasteiger partial charge in [-0.3, -0.25) is 0 Å². The molecule has 0 amide bonds. The lowest BCUT2D eigenvalue weighted by Crippen LogP contribution is -2.07. The lowest BCUT2D eigenvalue weighted by molar-refractivity contribution is -0.552. The van der Waals surface area contributed by atoms with E-state index in [0.717, 1.165) is 0 Å². The van der Waals surface area contributed by atoms with Gasteiger partial charge in [-0.05, 0) is 12.1 Å². The van der Waals surface area contributed by atoms with E-state index in [0.29, 0.717) is 20.7 Å². The fourth-order valence-electron chi connectivity index (χ4n) is 1.06. The molecule has 1 heterocycles. The average molecular weight is 198 g/mol. The van der Waals surface area contributed by atoms with Gasteiger partial charge in [-0.2, -0.15) is 0 Å². The molecule has 2 aromatic rings. The second-order valence-corrected chi connectivity index (χ2v) is 2.93. The minimum atomic E-state index is -0.603. The number of hydrogen-bond acceptors (Lipinski definition) is 3. The molecule has 0 radical (unpaired) electrons. The van der Waals surface area contributed by atoms with Gasteiger partial charge in [0, 0.05) is 15.9 Å². The van der Waals surface area contributed by atoms with Crippen LogP contribution >= 0.6 is 11.6 Å². The number of hydrogen-bond donors (Lipinski definition) is 0. The Bertz CT molecular complexity index is 480. The Morgan fingerprint density at radius 2 is 2.31 bits per heavy atom. The van der Waals surface area contributed by atoms with Gasteiger partial charge in [0.15, 0.2) is 0 Å². The van der Waals surface area contributed by atoms with Crippen LogP contribution in [0, 0.1) is 10.1 Å². The van der Waals surface area contributed by atoms with Gasteiger partial charge in [-0.1, -0.05) is 11.6 Å². The summed E-state index contributed by atoms with van der Waals surface area (Å²) in [6, 6.07) is 4.93. The largest absolute Gasteiger partial charge is 0.339 e. The summed E-state index contributed by atoms with van der Waals surface area (Å²) in [6.07, 6.45) is 1.34. The summed E-state index contributed by atoms with van der Waals surface area (Å²) in [4.78, 5) is 11.0. The van der Waals surface area contributed by atoms with Crippen molar-refractivity contribution in [3.63, 3.8) is 0 Å². The van der Waals surface area contributed by atoms with E-state index in [4.69, 9.17) is 11.6 Å². The van der Waals surface area contributed by atoms with Crippen molar-refractivity contribution in [2.45, 2.75) is 0 Å². The van der Waals surface area contributed by atoms with Crippen molar-refractivity contribution in [1.29, 1.82) is 0 Å². The molecule has 0 fully saturated rings. The predicted octanol–water partition coefficient (Wildman–Crippen LogP) is 1.73. The zero-order valence-electron chi connectivity index (χ0n) is 6.35. The van der Waals surface area contributed by atoms with Gasteiger partial charge in [-0.25, -0.2) is 0 Å². The number of halogens is 1. The zero-order chi connectivity index (χ0) is 9.42. The average Bonchev–Trinajstić information content (AvgIpc) is 2.46. The highest BCUT2D eigenvalue weighted by molar-refractivity contribution is 6.31. The maximum atomic E-state index is 10.3. The number of aromatic nitrogens is 2. The maximum absolute atomic E-state index is 10.3. The first-order valence-corrected chi connectivity index (χ1v) is 3.84. The molecule has 0 bridgehead atoms. The first kappa shape index (κ1) is 8.00. The third kappa shape index (κ3) is 1.33. The van der Waals surface area contributed by atoms with Crippen molar-refractivity contribution >= 4 is 22.5 Å². The first-order valence-electron chi connectivity index (χ1n) is 3.46. The van der Waals surface area contributed by atoms with Gasteiger partial charge < -0.3 is 10.1 Å². The molecule has 0 N–H and O–H groups in total. The molecule has 0 aliphatic rings. The molecule has 0 atom stereocenters. The standard InChI is InChI=1S/C7H4ClN3O2/c8-6-2-1-5-4-10(11(12)13)9-7(5)3-6/h1-4H. The highest BCUT2D eigenvalue weighted by Crippen LogP contribution is 2.17. The van der Waals surface area contributed by atoms with Gasteiger partial charge in [0.2, 0.25) is 5.52 Å². The van der Waals surface area contributed by atoms with Gasteiger partial charge in [0.1, 0.15) is 6.20 Å². The molecule has 1 aromatic heterocycles. The van der Waals surface area contributed by atoms with Gasteiger partial charge in [0.25, 0.3) is 0 Å². The van der Waals surface area contributed by atoms with E-state index in [9.17, 15) is 10.1 Å². The highest BCUT2D eigenvalue weighted by Gasteiger charge is 2.09. The van der Waals surface area contributed by atoms with Crippen LogP contribution in [0.5, 0.6) is 0 Å². The third-order valence-electron chi connectivity index (χ3n) is 1.62. The summed E-state index contributed by atoms with van der Waals surface area (Å²) >= 11 is 5.69. The van der Waals surface area contributed by atoms with Crippen LogP contribution in [0.3, 0.4) is 0 Å². The van der Waals surface area contributed by atoms with Crippen molar-refractivity contribution in [1.82, 2.24) is 9.89 Å². The van der Waals surface area contributed by atoms with Gasteiger partial charge in [0.05, 0.1) is 15.5 Å². The monoisotopic (exact) mass is 197 g/mol. The van der Waals surface area contributed by atoms with Crippen LogP contribution in [0.25, 0.3) is 10.9 Å². The fourth-order valence-corrected chi connectivity index (χ4v) is 1.23. The molecule has 5 nitrogen and oxygen atoms in total. The van der Waals surface area contributed by atoms with E-state index >= 15 is 0 Å². The number of rotatable bonds is 1. The van der Waals surface area contributed by atoms with E-state index in [2.05, 4.69) is 5.10 Å². The first-order chi connectivity index (χ1) is 6.16. The summed E-state index contributed by atoms with van der Waals surface area (Å²) in [7, 11) is 0. The van der Waals surface area contributed by atoms with E-state index in [1.54, 1.807) is 18.2 Å². The molecule has 0 unspecified atom stereocenters. The van der Waals surface area contributed by atoms with Crippen LogP contribution in [-0.2, 0) is 0 Å². The lowest BCUT2D eigenvalue weighted by atomic mass is 10.3. The quantitative estimate of drug-likeness (QED) is 0.517. The van der Waals surface area contributed by atoms with E-state index in [1.807, 2.05) is 0 Å². The number of nitrogens with zero attached hydrogens (tertiary/aromatic N) is 3. The Balaban J connectivity index is 2.68. The number of benzene rings is 1. The molecule has 0 aliphatic carbocycles. The maximum Gasteiger partial charge on any atom is 0.211 e. The van der Waals surface area contributed by atoms with Gasteiger partial charge in [-0.15, -0.1) is 0 Å². The lowest BCUT2D eigenvalue weighted by Gasteiger charge is -1.86. The summed E-state index contributed by atoms with van der Waals surface area (Å²) in [5.41, 5.74) is 0.518. The Morgan fingerprint density at radius 1 is 1.54 bits per heavy atom. The minimum absolute atomic E-state index is 0.515. The van der Waals surface area contributed by atoms with Crippen molar-refractivity contribution < 1.29 is 5.03 Å². The third-order valence-corrected chi connectivity index (χ3v) is 1.86. The molecule has 13 heavy (non-hydrogen) atoms. The predicted molar refractivity (Wildman–Crippen MR) is 47.1 cm³/mol. The molecule has 2 rings (SSSR count). The summed E-state index contributed by atoms with van der Waals surface area (Å²) in [5, 5.41) is 14.6. The van der Waals surface area contributed by atoms with E-state index < -0.39 is 5.03 Å². The molecule has 66 valence electrons. The molecule has 0 saturated carbocycles. The van der Waals surface area contributed by atoms with Gasteiger partial charge >= 0.3 is 0 Å². The summed E-state index contributed by atoms with van der Waals surface area (Å²) in [6.45, 7) is 0. The van der Waals surface area contributed by atoms with Crippen molar-refractivity contribution in [3.05, 3.63) is 39.5 Å². The highest BCUT2D eigenvalue weighted by atomic mass is 35.5. The smallest absolute Gasteiger partial charge is 0.211 e. The topological polar surface area (TPSA) is 61.0 Å². The molecular formula is C7H4ClN3O2. The Kier molecular flexibility index (Phi) is 1.66. The molecule has 6 heteroatoms. The van der Waals surface area contributed by atoms with E-state index in [-0.39, 0.29) is 0 Å². The second kappa shape index (κ2) is 2.70. The molecule has 1 aromatic carbocycles. The number of fused-ring (bicyclic) bond motifs is 1. The summed E-state index contributed by atoms with van der Waals surface area (Å²) in [5.74, 6) is 0. The molecule has 0 aliphatic heterocycles. The minimum Gasteiger partial charge on any atom is -0.339 e. The molecular weight excluding hydrogens is 194 g/mol. The van der Waals surface area contributed by atoms with Crippen molar-refractivity contribution in [2.75, 3.05) is 0 Å². The fraction of sp³-hybridized carbons (Fsp3) is 0. The van der Waals surface area contributed by atoms with Crippen molar-refractivity contribution in [3.8, 4) is 0 Å². The number of nitro groups is 1. The van der Waals surface area contributed by atoms with E-state index in [1.165, 1.54) is 6.20 Å². The summed E-state index contributed by atoms with van der Waals surface area (Å²) < 4.78 is 0. The van der Waals surface area contributed by atoms with Crippen LogP contribution in [0.4, 0.5) is 0 Å².